The van der Waals surface area contributed by atoms with Gasteiger partial charge in [0, 0.05) is 23.8 Å². The van der Waals surface area contributed by atoms with Gasteiger partial charge in [-0.15, -0.1) is 0 Å². The van der Waals surface area contributed by atoms with Crippen LogP contribution >= 0.6 is 11.6 Å². The first-order valence-corrected chi connectivity index (χ1v) is 7.91. The third-order valence-electron chi connectivity index (χ3n) is 3.06. The molecule has 0 aromatic heterocycles. The van der Waals surface area contributed by atoms with E-state index in [-0.39, 0.29) is 18.4 Å². The van der Waals surface area contributed by atoms with Crippen LogP contribution in [0.15, 0.2) is 24.3 Å². The van der Waals surface area contributed by atoms with Crippen molar-refractivity contribution in [1.29, 1.82) is 0 Å². The standard InChI is InChI=1S/C16H23ClN2O3/c1-3-5-11-19(12-10-15(20)22-4-2)16(21)18-14-8-6-13(17)7-9-14/h6-9H,3-5,10-12H2,1-2H3,(H,18,21). The Balaban J connectivity index is 2.58. The largest absolute Gasteiger partial charge is 0.466 e. The first kappa shape index (κ1) is 18.3. The normalized spacial score (nSPS) is 10.1. The van der Waals surface area contributed by atoms with Gasteiger partial charge in [0.15, 0.2) is 0 Å². The van der Waals surface area contributed by atoms with Crippen molar-refractivity contribution < 1.29 is 14.3 Å². The predicted molar refractivity (Wildman–Crippen MR) is 88.2 cm³/mol. The molecule has 0 heterocycles. The average molecular weight is 327 g/mol. The number of nitrogens with zero attached hydrogens (tertiary/aromatic N) is 1. The first-order valence-electron chi connectivity index (χ1n) is 7.54. The minimum Gasteiger partial charge on any atom is -0.466 e. The monoisotopic (exact) mass is 326 g/mol. The van der Waals surface area contributed by atoms with Gasteiger partial charge in [-0.1, -0.05) is 24.9 Å². The summed E-state index contributed by atoms with van der Waals surface area (Å²) >= 11 is 5.82. The van der Waals surface area contributed by atoms with E-state index < -0.39 is 0 Å². The second-order valence-corrected chi connectivity index (χ2v) is 5.27. The van der Waals surface area contributed by atoms with Crippen molar-refractivity contribution in [3.05, 3.63) is 29.3 Å². The fraction of sp³-hybridized carbons (Fsp3) is 0.500. The van der Waals surface area contributed by atoms with Crippen LogP contribution in [-0.2, 0) is 9.53 Å². The maximum atomic E-state index is 12.3. The molecule has 0 bridgehead atoms. The molecule has 1 aromatic rings. The summed E-state index contributed by atoms with van der Waals surface area (Å²) in [6.45, 7) is 5.12. The Hall–Kier alpha value is -1.75. The lowest BCUT2D eigenvalue weighted by Crippen LogP contribution is -2.37. The molecule has 5 nitrogen and oxygen atoms in total. The van der Waals surface area contributed by atoms with E-state index in [1.807, 2.05) is 0 Å². The number of urea groups is 1. The van der Waals surface area contributed by atoms with Crippen molar-refractivity contribution in [3.8, 4) is 0 Å². The summed E-state index contributed by atoms with van der Waals surface area (Å²) in [5.74, 6) is -0.289. The Kier molecular flexibility index (Phi) is 8.36. The van der Waals surface area contributed by atoms with E-state index in [1.165, 1.54) is 0 Å². The summed E-state index contributed by atoms with van der Waals surface area (Å²) in [5.41, 5.74) is 0.673. The van der Waals surface area contributed by atoms with E-state index >= 15 is 0 Å². The van der Waals surface area contributed by atoms with Crippen molar-refractivity contribution in [3.63, 3.8) is 0 Å². The number of benzene rings is 1. The van der Waals surface area contributed by atoms with Gasteiger partial charge in [-0.25, -0.2) is 4.79 Å². The molecule has 0 spiro atoms. The number of esters is 1. The number of nitrogens with one attached hydrogen (secondary N) is 1. The topological polar surface area (TPSA) is 58.6 Å². The number of rotatable bonds is 8. The molecule has 1 aromatic carbocycles. The van der Waals surface area contributed by atoms with Gasteiger partial charge in [0.2, 0.25) is 0 Å². The third kappa shape index (κ3) is 6.80. The number of hydrogen-bond donors (Lipinski definition) is 1. The molecule has 122 valence electrons. The highest BCUT2D eigenvalue weighted by atomic mass is 35.5. The molecule has 0 saturated heterocycles. The molecule has 0 atom stereocenters. The van der Waals surface area contributed by atoms with Gasteiger partial charge in [-0.2, -0.15) is 0 Å². The lowest BCUT2D eigenvalue weighted by atomic mass is 10.3. The molecule has 0 radical (unpaired) electrons. The van der Waals surface area contributed by atoms with E-state index in [0.717, 1.165) is 12.8 Å². The van der Waals surface area contributed by atoms with Crippen molar-refractivity contribution in [2.24, 2.45) is 0 Å². The van der Waals surface area contributed by atoms with Crippen molar-refractivity contribution in [2.45, 2.75) is 33.1 Å². The van der Waals surface area contributed by atoms with Gasteiger partial charge in [0.1, 0.15) is 0 Å². The highest BCUT2D eigenvalue weighted by molar-refractivity contribution is 6.30. The smallest absolute Gasteiger partial charge is 0.321 e. The van der Waals surface area contributed by atoms with Crippen LogP contribution in [0.1, 0.15) is 33.1 Å². The van der Waals surface area contributed by atoms with Crippen LogP contribution in [-0.4, -0.2) is 36.6 Å². The number of carbonyl (C=O) groups excluding carboxylic acids is 2. The number of anilines is 1. The highest BCUT2D eigenvalue weighted by Gasteiger charge is 2.15. The molecule has 0 aliphatic heterocycles. The molecule has 2 amide bonds. The van der Waals surface area contributed by atoms with Gasteiger partial charge in [0.05, 0.1) is 13.0 Å². The number of carbonyl (C=O) groups is 2. The molecule has 1 N–H and O–H groups in total. The Labute approximate surface area is 136 Å². The fourth-order valence-corrected chi connectivity index (χ4v) is 1.99. The molecule has 22 heavy (non-hydrogen) atoms. The summed E-state index contributed by atoms with van der Waals surface area (Å²) in [6.07, 6.45) is 2.06. The molecule has 6 heteroatoms. The molecular formula is C16H23ClN2O3. The van der Waals surface area contributed by atoms with Crippen LogP contribution in [0.25, 0.3) is 0 Å². The zero-order chi connectivity index (χ0) is 16.4. The van der Waals surface area contributed by atoms with E-state index in [0.29, 0.717) is 30.4 Å². The maximum absolute atomic E-state index is 12.3. The van der Waals surface area contributed by atoms with Crippen LogP contribution < -0.4 is 5.32 Å². The number of ether oxygens (including phenoxy) is 1. The van der Waals surface area contributed by atoms with Gasteiger partial charge < -0.3 is 15.0 Å². The molecule has 0 unspecified atom stereocenters. The zero-order valence-electron chi connectivity index (χ0n) is 13.1. The molecule has 0 saturated carbocycles. The van der Waals surface area contributed by atoms with Gasteiger partial charge >= 0.3 is 12.0 Å². The van der Waals surface area contributed by atoms with Crippen molar-refractivity contribution >= 4 is 29.3 Å². The minimum absolute atomic E-state index is 0.200. The summed E-state index contributed by atoms with van der Waals surface area (Å²) in [6, 6.07) is 6.69. The first-order chi connectivity index (χ1) is 10.6. The fourth-order valence-electron chi connectivity index (χ4n) is 1.86. The van der Waals surface area contributed by atoms with Crippen molar-refractivity contribution in [2.75, 3.05) is 25.0 Å². The van der Waals surface area contributed by atoms with Crippen LogP contribution in [0, 0.1) is 0 Å². The van der Waals surface area contributed by atoms with Gasteiger partial charge in [-0.3, -0.25) is 4.79 Å². The number of amides is 2. The second kappa shape index (κ2) is 10.1. The van der Waals surface area contributed by atoms with Crippen molar-refractivity contribution in [1.82, 2.24) is 4.90 Å². The SMILES string of the molecule is CCCCN(CCC(=O)OCC)C(=O)Nc1ccc(Cl)cc1. The van der Waals surface area contributed by atoms with Crippen LogP contribution in [0.5, 0.6) is 0 Å². The Morgan fingerprint density at radius 1 is 1.18 bits per heavy atom. The zero-order valence-corrected chi connectivity index (χ0v) is 13.9. The quantitative estimate of drug-likeness (QED) is 0.736. The average Bonchev–Trinajstić information content (AvgIpc) is 2.50. The third-order valence-corrected chi connectivity index (χ3v) is 3.31. The maximum Gasteiger partial charge on any atom is 0.321 e. The predicted octanol–water partition coefficient (Wildman–Crippen LogP) is 3.93. The number of halogens is 1. The second-order valence-electron chi connectivity index (χ2n) is 4.83. The molecular weight excluding hydrogens is 304 g/mol. The summed E-state index contributed by atoms with van der Waals surface area (Å²) < 4.78 is 4.90. The van der Waals surface area contributed by atoms with Gasteiger partial charge in [-0.05, 0) is 37.6 Å². The van der Waals surface area contributed by atoms with E-state index in [2.05, 4.69) is 12.2 Å². The van der Waals surface area contributed by atoms with E-state index in [9.17, 15) is 9.59 Å². The van der Waals surface area contributed by atoms with Crippen LogP contribution in [0.3, 0.4) is 0 Å². The summed E-state index contributed by atoms with van der Waals surface area (Å²) in [4.78, 5) is 25.4. The Bertz CT molecular complexity index is 477. The molecule has 1 rings (SSSR count). The Morgan fingerprint density at radius 2 is 1.86 bits per heavy atom. The molecule has 0 aliphatic carbocycles. The van der Waals surface area contributed by atoms with E-state index in [4.69, 9.17) is 16.3 Å². The van der Waals surface area contributed by atoms with Crippen LogP contribution in [0.4, 0.5) is 10.5 Å². The van der Waals surface area contributed by atoms with Gasteiger partial charge in [0.25, 0.3) is 0 Å². The Morgan fingerprint density at radius 3 is 2.45 bits per heavy atom. The molecule has 0 fully saturated rings. The van der Waals surface area contributed by atoms with E-state index in [1.54, 1.807) is 36.1 Å². The van der Waals surface area contributed by atoms with Crippen LogP contribution in [0.2, 0.25) is 5.02 Å². The lowest BCUT2D eigenvalue weighted by molar-refractivity contribution is -0.143. The highest BCUT2D eigenvalue weighted by Crippen LogP contribution is 2.14. The lowest BCUT2D eigenvalue weighted by Gasteiger charge is -2.22. The minimum atomic E-state index is -0.289. The number of hydrogen-bond acceptors (Lipinski definition) is 3. The molecule has 0 aliphatic rings. The summed E-state index contributed by atoms with van der Waals surface area (Å²) in [5, 5.41) is 3.42. The number of unbranched alkanes of at least 4 members (excludes halogenated alkanes) is 1. The summed E-state index contributed by atoms with van der Waals surface area (Å²) in [7, 11) is 0.